The van der Waals surface area contributed by atoms with Crippen LogP contribution in [0.15, 0.2) is 30.3 Å². The minimum atomic E-state index is 0.00673. The van der Waals surface area contributed by atoms with E-state index >= 15 is 0 Å². The molecule has 1 unspecified atom stereocenters. The van der Waals surface area contributed by atoms with Crippen LogP contribution in [0.4, 0.5) is 5.13 Å². The second kappa shape index (κ2) is 8.32. The van der Waals surface area contributed by atoms with Crippen molar-refractivity contribution >= 4 is 39.2 Å². The third-order valence-electron chi connectivity index (χ3n) is 5.90. The van der Waals surface area contributed by atoms with Gasteiger partial charge in [0, 0.05) is 48.8 Å². The molecular formula is C22H25N5O3S. The number of carbonyl (C=O) groups is 2. The lowest BCUT2D eigenvalue weighted by Gasteiger charge is -2.34. The van der Waals surface area contributed by atoms with Crippen LogP contribution >= 0.6 is 11.3 Å². The zero-order valence-corrected chi connectivity index (χ0v) is 18.2. The van der Waals surface area contributed by atoms with Crippen LogP contribution in [0.3, 0.4) is 0 Å². The van der Waals surface area contributed by atoms with Crippen molar-refractivity contribution in [1.29, 1.82) is 0 Å². The number of benzene rings is 1. The Morgan fingerprint density at radius 3 is 3.03 bits per heavy atom. The number of carbonyl (C=O) groups excluding carboxylic acids is 2. The van der Waals surface area contributed by atoms with Gasteiger partial charge in [-0.2, -0.15) is 0 Å². The van der Waals surface area contributed by atoms with Crippen LogP contribution in [0.5, 0.6) is 0 Å². The minimum Gasteiger partial charge on any atom is -0.377 e. The van der Waals surface area contributed by atoms with E-state index in [2.05, 4.69) is 10.3 Å². The average molecular weight is 440 g/mol. The van der Waals surface area contributed by atoms with Crippen molar-refractivity contribution in [2.45, 2.75) is 25.9 Å². The number of fused-ring (bicyclic) bond motifs is 2. The fourth-order valence-corrected chi connectivity index (χ4v) is 5.28. The van der Waals surface area contributed by atoms with Crippen molar-refractivity contribution in [3.8, 4) is 0 Å². The van der Waals surface area contributed by atoms with Crippen LogP contribution in [0, 0.1) is 0 Å². The summed E-state index contributed by atoms with van der Waals surface area (Å²) in [4.78, 5) is 37.7. The molecule has 162 valence electrons. The van der Waals surface area contributed by atoms with Gasteiger partial charge in [0.1, 0.15) is 5.69 Å². The minimum absolute atomic E-state index is 0.00673. The highest BCUT2D eigenvalue weighted by molar-refractivity contribution is 7.15. The molecule has 2 aliphatic heterocycles. The van der Waals surface area contributed by atoms with E-state index in [4.69, 9.17) is 9.72 Å². The van der Waals surface area contributed by atoms with E-state index in [9.17, 15) is 9.59 Å². The van der Waals surface area contributed by atoms with Crippen molar-refractivity contribution in [1.82, 2.24) is 19.8 Å². The molecule has 0 bridgehead atoms. The van der Waals surface area contributed by atoms with E-state index in [1.165, 1.54) is 0 Å². The summed E-state index contributed by atoms with van der Waals surface area (Å²) in [6.07, 6.45) is 0.742. The SMILES string of the molecule is CC(=O)N1CCOCC1CNc1nc2c(s1)CN(C(=O)c1cc3ccccc3[nH]1)CC2. The Balaban J connectivity index is 1.24. The first-order valence-corrected chi connectivity index (χ1v) is 11.3. The predicted molar refractivity (Wildman–Crippen MR) is 119 cm³/mol. The summed E-state index contributed by atoms with van der Waals surface area (Å²) in [5.41, 5.74) is 2.64. The molecule has 3 aromatic rings. The summed E-state index contributed by atoms with van der Waals surface area (Å²) in [7, 11) is 0. The Morgan fingerprint density at radius 1 is 1.32 bits per heavy atom. The van der Waals surface area contributed by atoms with Crippen molar-refractivity contribution in [3.63, 3.8) is 0 Å². The molecule has 0 aliphatic carbocycles. The molecule has 0 saturated carbocycles. The quantitative estimate of drug-likeness (QED) is 0.652. The molecule has 0 spiro atoms. The number of morpholine rings is 1. The number of aromatic nitrogens is 2. The molecule has 1 atom stereocenters. The Hall–Kier alpha value is -2.91. The molecular weight excluding hydrogens is 414 g/mol. The lowest BCUT2D eigenvalue weighted by atomic mass is 10.1. The summed E-state index contributed by atoms with van der Waals surface area (Å²) in [6.45, 7) is 5.16. The Kier molecular flexibility index (Phi) is 5.37. The van der Waals surface area contributed by atoms with Crippen LogP contribution in [-0.2, 0) is 22.5 Å². The maximum absolute atomic E-state index is 13.0. The van der Waals surface area contributed by atoms with Crippen molar-refractivity contribution in [3.05, 3.63) is 46.6 Å². The zero-order valence-electron chi connectivity index (χ0n) is 17.4. The smallest absolute Gasteiger partial charge is 0.270 e. The van der Waals surface area contributed by atoms with Crippen LogP contribution in [-0.4, -0.2) is 70.5 Å². The number of para-hydroxylation sites is 1. The van der Waals surface area contributed by atoms with Gasteiger partial charge in [0.05, 0.1) is 31.5 Å². The number of rotatable bonds is 4. The van der Waals surface area contributed by atoms with Crippen LogP contribution in [0.2, 0.25) is 0 Å². The molecule has 8 nitrogen and oxygen atoms in total. The van der Waals surface area contributed by atoms with Crippen LogP contribution in [0.25, 0.3) is 10.9 Å². The van der Waals surface area contributed by atoms with Gasteiger partial charge in [0.15, 0.2) is 5.13 Å². The lowest BCUT2D eigenvalue weighted by molar-refractivity contribution is -0.136. The van der Waals surface area contributed by atoms with Gasteiger partial charge in [-0.1, -0.05) is 29.5 Å². The molecule has 2 amide bonds. The topological polar surface area (TPSA) is 90.6 Å². The number of nitrogens with one attached hydrogen (secondary N) is 2. The monoisotopic (exact) mass is 439 g/mol. The lowest BCUT2D eigenvalue weighted by Crippen LogP contribution is -2.50. The molecule has 2 N–H and O–H groups in total. The molecule has 9 heteroatoms. The van der Waals surface area contributed by atoms with Gasteiger partial charge in [-0.3, -0.25) is 9.59 Å². The Bertz CT molecular complexity index is 1090. The molecule has 2 aromatic heterocycles. The molecule has 2 aliphatic rings. The van der Waals surface area contributed by atoms with E-state index in [0.717, 1.165) is 33.0 Å². The normalized spacial score (nSPS) is 18.8. The number of H-pyrrole nitrogens is 1. The molecule has 1 fully saturated rings. The van der Waals surface area contributed by atoms with Gasteiger partial charge >= 0.3 is 0 Å². The number of nitrogens with zero attached hydrogens (tertiary/aromatic N) is 3. The highest BCUT2D eigenvalue weighted by Crippen LogP contribution is 2.29. The molecule has 1 saturated heterocycles. The van der Waals surface area contributed by atoms with Gasteiger partial charge in [0.25, 0.3) is 5.91 Å². The first kappa shape index (κ1) is 20.0. The van der Waals surface area contributed by atoms with Crippen molar-refractivity contribution in [2.75, 3.05) is 38.2 Å². The summed E-state index contributed by atoms with van der Waals surface area (Å²) < 4.78 is 5.54. The molecule has 1 aromatic carbocycles. The summed E-state index contributed by atoms with van der Waals surface area (Å²) in [5, 5.41) is 5.25. The first-order valence-electron chi connectivity index (χ1n) is 10.5. The number of amides is 2. The van der Waals surface area contributed by atoms with E-state index in [1.54, 1.807) is 18.3 Å². The second-order valence-electron chi connectivity index (χ2n) is 7.96. The van der Waals surface area contributed by atoms with Gasteiger partial charge in [-0.25, -0.2) is 4.98 Å². The highest BCUT2D eigenvalue weighted by atomic mass is 32.1. The maximum atomic E-state index is 13.0. The molecule has 31 heavy (non-hydrogen) atoms. The number of hydrogen-bond donors (Lipinski definition) is 2. The van der Waals surface area contributed by atoms with Gasteiger partial charge in [0.2, 0.25) is 5.91 Å². The average Bonchev–Trinajstić information content (AvgIpc) is 3.40. The van der Waals surface area contributed by atoms with Gasteiger partial charge in [-0.05, 0) is 12.1 Å². The predicted octanol–water partition coefficient (Wildman–Crippen LogP) is 2.48. The number of hydrogen-bond acceptors (Lipinski definition) is 6. The number of thiazole rings is 1. The van der Waals surface area contributed by atoms with Crippen LogP contribution < -0.4 is 5.32 Å². The molecule has 4 heterocycles. The van der Waals surface area contributed by atoms with Gasteiger partial charge in [-0.15, -0.1) is 0 Å². The summed E-state index contributed by atoms with van der Waals surface area (Å²) in [5.74, 6) is 0.0841. The van der Waals surface area contributed by atoms with Gasteiger partial charge < -0.3 is 24.8 Å². The Morgan fingerprint density at radius 2 is 2.19 bits per heavy atom. The Labute approximate surface area is 184 Å². The van der Waals surface area contributed by atoms with E-state index < -0.39 is 0 Å². The number of ether oxygens (including phenoxy) is 1. The zero-order chi connectivity index (χ0) is 21.4. The third-order valence-corrected chi connectivity index (χ3v) is 6.94. The van der Waals surface area contributed by atoms with E-state index in [-0.39, 0.29) is 17.9 Å². The van der Waals surface area contributed by atoms with Crippen molar-refractivity contribution in [2.24, 2.45) is 0 Å². The number of anilines is 1. The largest absolute Gasteiger partial charge is 0.377 e. The van der Waals surface area contributed by atoms with Crippen LogP contribution in [0.1, 0.15) is 28.0 Å². The summed E-state index contributed by atoms with van der Waals surface area (Å²) in [6, 6.07) is 9.83. The fourth-order valence-electron chi connectivity index (χ4n) is 4.25. The number of aromatic amines is 1. The molecule has 5 rings (SSSR count). The maximum Gasteiger partial charge on any atom is 0.270 e. The van der Waals surface area contributed by atoms with Crippen molar-refractivity contribution < 1.29 is 14.3 Å². The standard InChI is InChI=1S/C22H25N5O3S/c1-14(28)27-8-9-30-13-16(27)11-23-22-25-18-6-7-26(12-20(18)31-22)21(29)19-10-15-4-2-3-5-17(15)24-19/h2-5,10,16,24H,6-9,11-13H2,1H3,(H,23,25). The summed E-state index contributed by atoms with van der Waals surface area (Å²) >= 11 is 1.58. The second-order valence-corrected chi connectivity index (χ2v) is 9.04. The third kappa shape index (κ3) is 4.03. The highest BCUT2D eigenvalue weighted by Gasteiger charge is 2.28. The molecule has 0 radical (unpaired) electrons. The first-order chi connectivity index (χ1) is 15.1. The van der Waals surface area contributed by atoms with E-state index in [0.29, 0.717) is 45.1 Å². The van der Waals surface area contributed by atoms with E-state index in [1.807, 2.05) is 40.1 Å². The fraction of sp³-hybridized carbons (Fsp3) is 0.409.